The lowest BCUT2D eigenvalue weighted by molar-refractivity contribution is 1.18. The molecule has 224 valence electrons. The Labute approximate surface area is 279 Å². The highest BCUT2D eigenvalue weighted by Gasteiger charge is 2.16. The third-order valence-corrected chi connectivity index (χ3v) is 9.27. The maximum absolute atomic E-state index is 5.22. The zero-order chi connectivity index (χ0) is 31.9. The monoisotopic (exact) mass is 610 g/mol. The molecule has 9 aromatic rings. The average Bonchev–Trinajstić information content (AvgIpc) is 3.17. The summed E-state index contributed by atoms with van der Waals surface area (Å²) in [6.07, 6.45) is 0. The summed E-state index contributed by atoms with van der Waals surface area (Å²) in [5.41, 5.74) is 9.64. The highest BCUT2D eigenvalue weighted by atomic mass is 14.9. The van der Waals surface area contributed by atoms with Gasteiger partial charge in [-0.1, -0.05) is 170 Å². The number of nitrogens with zero attached hydrogens (tertiary/aromatic N) is 2. The maximum atomic E-state index is 5.22. The van der Waals surface area contributed by atoms with Gasteiger partial charge in [-0.3, -0.25) is 0 Å². The number of hydrogen-bond acceptors (Lipinski definition) is 2. The molecule has 0 spiro atoms. The van der Waals surface area contributed by atoms with E-state index in [9.17, 15) is 0 Å². The first-order valence-electron chi connectivity index (χ1n) is 16.3. The summed E-state index contributed by atoms with van der Waals surface area (Å²) in [5, 5.41) is 7.51. The molecule has 0 aliphatic carbocycles. The van der Waals surface area contributed by atoms with Crippen molar-refractivity contribution in [3.63, 3.8) is 0 Å². The molecule has 2 heteroatoms. The van der Waals surface area contributed by atoms with Crippen LogP contribution in [0.5, 0.6) is 0 Å². The maximum Gasteiger partial charge on any atom is 0.160 e. The standard InChI is InChI=1S/C46H30N2/c1-3-13-31(14-4-1)38-19-11-12-22-41(38)43-30-42(33-16-5-2-6-17-33)47-46(48-43)35-26-24-34(25-27-35)44-40-21-10-8-18-36(40)29-37-28-23-32-15-7-9-20-39(32)45(37)44/h1-30H. The second-order valence-corrected chi connectivity index (χ2v) is 12.2. The van der Waals surface area contributed by atoms with Crippen LogP contribution in [-0.4, -0.2) is 9.97 Å². The molecule has 0 radical (unpaired) electrons. The fourth-order valence-corrected chi connectivity index (χ4v) is 6.97. The summed E-state index contributed by atoms with van der Waals surface area (Å²) in [5.74, 6) is 0.703. The Morgan fingerprint density at radius 2 is 0.875 bits per heavy atom. The fourth-order valence-electron chi connectivity index (χ4n) is 6.97. The number of hydrogen-bond donors (Lipinski definition) is 0. The molecule has 0 bridgehead atoms. The molecule has 8 aromatic carbocycles. The van der Waals surface area contributed by atoms with E-state index in [0.717, 1.165) is 39.2 Å². The van der Waals surface area contributed by atoms with Gasteiger partial charge in [-0.2, -0.15) is 0 Å². The molecular weight excluding hydrogens is 581 g/mol. The van der Waals surface area contributed by atoms with Crippen molar-refractivity contribution < 1.29 is 0 Å². The van der Waals surface area contributed by atoms with Gasteiger partial charge in [-0.25, -0.2) is 9.97 Å². The van der Waals surface area contributed by atoms with Gasteiger partial charge in [0.15, 0.2) is 5.82 Å². The van der Waals surface area contributed by atoms with Crippen molar-refractivity contribution in [3.05, 3.63) is 182 Å². The molecule has 0 fully saturated rings. The number of aromatic nitrogens is 2. The summed E-state index contributed by atoms with van der Waals surface area (Å²) in [6.45, 7) is 0. The average molecular weight is 611 g/mol. The molecule has 48 heavy (non-hydrogen) atoms. The van der Waals surface area contributed by atoms with Crippen molar-refractivity contribution in [2.75, 3.05) is 0 Å². The van der Waals surface area contributed by atoms with E-state index in [2.05, 4.69) is 176 Å². The number of rotatable bonds is 5. The van der Waals surface area contributed by atoms with Crippen LogP contribution in [0.25, 0.3) is 88.5 Å². The van der Waals surface area contributed by atoms with Crippen LogP contribution in [0.4, 0.5) is 0 Å². The Morgan fingerprint density at radius 3 is 1.65 bits per heavy atom. The second kappa shape index (κ2) is 11.8. The Hall–Kier alpha value is -6.38. The Bertz CT molecular complexity index is 2590. The van der Waals surface area contributed by atoms with Crippen molar-refractivity contribution in [2.45, 2.75) is 0 Å². The smallest absolute Gasteiger partial charge is 0.160 e. The first kappa shape index (κ1) is 27.9. The van der Waals surface area contributed by atoms with Crippen LogP contribution in [0, 0.1) is 0 Å². The van der Waals surface area contributed by atoms with E-state index in [4.69, 9.17) is 9.97 Å². The van der Waals surface area contributed by atoms with Gasteiger partial charge in [-0.05, 0) is 66.7 Å². The molecule has 0 unspecified atom stereocenters. The van der Waals surface area contributed by atoms with Crippen molar-refractivity contribution in [1.82, 2.24) is 9.97 Å². The quantitative estimate of drug-likeness (QED) is 0.143. The molecular formula is C46H30N2. The van der Waals surface area contributed by atoms with E-state index >= 15 is 0 Å². The predicted octanol–water partition coefficient (Wildman–Crippen LogP) is 12.3. The Morgan fingerprint density at radius 1 is 0.312 bits per heavy atom. The van der Waals surface area contributed by atoms with E-state index in [-0.39, 0.29) is 0 Å². The summed E-state index contributed by atoms with van der Waals surface area (Å²) < 4.78 is 0. The topological polar surface area (TPSA) is 25.8 Å². The normalized spacial score (nSPS) is 11.3. The Kier molecular flexibility index (Phi) is 6.84. The third kappa shape index (κ3) is 4.92. The first-order valence-corrected chi connectivity index (χ1v) is 16.3. The molecule has 9 rings (SSSR count). The highest BCUT2D eigenvalue weighted by molar-refractivity contribution is 6.21. The van der Waals surface area contributed by atoms with Gasteiger partial charge in [0.1, 0.15) is 0 Å². The summed E-state index contributed by atoms with van der Waals surface area (Å²) in [7, 11) is 0. The summed E-state index contributed by atoms with van der Waals surface area (Å²) in [4.78, 5) is 10.4. The van der Waals surface area contributed by atoms with Gasteiger partial charge < -0.3 is 0 Å². The van der Waals surface area contributed by atoms with Crippen LogP contribution in [0.15, 0.2) is 182 Å². The van der Waals surface area contributed by atoms with Gasteiger partial charge in [0.2, 0.25) is 0 Å². The van der Waals surface area contributed by atoms with Gasteiger partial charge in [0.05, 0.1) is 11.4 Å². The van der Waals surface area contributed by atoms with Crippen LogP contribution in [0.2, 0.25) is 0 Å². The highest BCUT2D eigenvalue weighted by Crippen LogP contribution is 2.41. The van der Waals surface area contributed by atoms with Crippen LogP contribution < -0.4 is 0 Å². The minimum atomic E-state index is 0.703. The molecule has 0 atom stereocenters. The van der Waals surface area contributed by atoms with Gasteiger partial charge in [0, 0.05) is 16.7 Å². The molecule has 0 saturated heterocycles. The van der Waals surface area contributed by atoms with Crippen molar-refractivity contribution in [1.29, 1.82) is 0 Å². The van der Waals surface area contributed by atoms with E-state index in [1.807, 2.05) is 6.07 Å². The molecule has 0 aliphatic heterocycles. The van der Waals surface area contributed by atoms with E-state index in [0.29, 0.717) is 5.82 Å². The molecule has 0 amide bonds. The van der Waals surface area contributed by atoms with Gasteiger partial charge in [0.25, 0.3) is 0 Å². The van der Waals surface area contributed by atoms with Gasteiger partial charge in [-0.15, -0.1) is 0 Å². The summed E-state index contributed by atoms with van der Waals surface area (Å²) in [6, 6.07) is 64.5. The SMILES string of the molecule is c1ccc(-c2cc(-c3ccccc3-c3ccccc3)nc(-c3ccc(-c4c5ccccc5cc5ccc6ccccc6c45)cc3)n2)cc1. The van der Waals surface area contributed by atoms with E-state index in [1.165, 1.54) is 43.4 Å². The predicted molar refractivity (Wildman–Crippen MR) is 202 cm³/mol. The minimum absolute atomic E-state index is 0.703. The lowest BCUT2D eigenvalue weighted by Crippen LogP contribution is -1.97. The number of benzene rings is 8. The van der Waals surface area contributed by atoms with Crippen molar-refractivity contribution in [2.24, 2.45) is 0 Å². The fraction of sp³-hybridized carbons (Fsp3) is 0. The van der Waals surface area contributed by atoms with Crippen molar-refractivity contribution >= 4 is 32.3 Å². The first-order chi connectivity index (χ1) is 23.8. The van der Waals surface area contributed by atoms with Crippen LogP contribution >= 0.6 is 0 Å². The van der Waals surface area contributed by atoms with Gasteiger partial charge >= 0.3 is 0 Å². The van der Waals surface area contributed by atoms with E-state index in [1.54, 1.807) is 0 Å². The molecule has 2 nitrogen and oxygen atoms in total. The lowest BCUT2D eigenvalue weighted by atomic mass is 9.89. The largest absolute Gasteiger partial charge is 0.228 e. The van der Waals surface area contributed by atoms with Crippen molar-refractivity contribution in [3.8, 4) is 56.2 Å². The molecule has 0 N–H and O–H groups in total. The summed E-state index contributed by atoms with van der Waals surface area (Å²) >= 11 is 0. The third-order valence-electron chi connectivity index (χ3n) is 9.27. The molecule has 0 aliphatic rings. The zero-order valence-electron chi connectivity index (χ0n) is 26.2. The van der Waals surface area contributed by atoms with Crippen LogP contribution in [0.3, 0.4) is 0 Å². The minimum Gasteiger partial charge on any atom is -0.228 e. The molecule has 0 saturated carbocycles. The second-order valence-electron chi connectivity index (χ2n) is 12.2. The van der Waals surface area contributed by atoms with Crippen LogP contribution in [0.1, 0.15) is 0 Å². The Balaban J connectivity index is 1.23. The molecule has 1 aromatic heterocycles. The number of fused-ring (bicyclic) bond motifs is 4. The molecule has 1 heterocycles. The van der Waals surface area contributed by atoms with E-state index < -0.39 is 0 Å². The lowest BCUT2D eigenvalue weighted by Gasteiger charge is -2.15. The zero-order valence-corrected chi connectivity index (χ0v) is 26.2. The van der Waals surface area contributed by atoms with Crippen LogP contribution in [-0.2, 0) is 0 Å².